The van der Waals surface area contributed by atoms with E-state index in [1.807, 2.05) is 47.8 Å². The van der Waals surface area contributed by atoms with Crippen LogP contribution in [0.1, 0.15) is 21.7 Å². The summed E-state index contributed by atoms with van der Waals surface area (Å²) in [5, 5.41) is 13.5. The minimum absolute atomic E-state index is 0.0269. The van der Waals surface area contributed by atoms with E-state index in [4.69, 9.17) is 0 Å². The van der Waals surface area contributed by atoms with E-state index in [1.54, 1.807) is 12.1 Å². The van der Waals surface area contributed by atoms with E-state index in [1.165, 1.54) is 11.3 Å². The molecule has 0 radical (unpaired) electrons. The number of carbonyl (C=O) groups excluding carboxylic acids is 1. The van der Waals surface area contributed by atoms with Gasteiger partial charge in [0.05, 0.1) is 10.8 Å². The van der Waals surface area contributed by atoms with Crippen LogP contribution in [-0.4, -0.2) is 16.9 Å². The topological polar surface area (TPSA) is 54.4 Å². The molecule has 116 valence electrons. The van der Waals surface area contributed by atoms with Crippen LogP contribution in [0.3, 0.4) is 0 Å². The van der Waals surface area contributed by atoms with Crippen molar-refractivity contribution >= 4 is 33.9 Å². The van der Waals surface area contributed by atoms with Crippen molar-refractivity contribution in [3.63, 3.8) is 0 Å². The van der Waals surface area contributed by atoms with Crippen molar-refractivity contribution in [2.75, 3.05) is 0 Å². The van der Waals surface area contributed by atoms with E-state index in [0.29, 0.717) is 11.3 Å². The Balaban J connectivity index is 1.84. The van der Waals surface area contributed by atoms with Gasteiger partial charge >= 0.3 is 5.97 Å². The molecule has 1 unspecified atom stereocenters. The number of hydrogen-bond donors (Lipinski definition) is 1. The predicted molar refractivity (Wildman–Crippen MR) is 92.0 cm³/mol. The van der Waals surface area contributed by atoms with Gasteiger partial charge in [-0.1, -0.05) is 48.5 Å². The monoisotopic (exact) mass is 324 g/mol. The molecule has 2 aromatic carbocycles. The average molecular weight is 324 g/mol. The van der Waals surface area contributed by atoms with E-state index in [-0.39, 0.29) is 12.2 Å². The molecule has 1 atom stereocenters. The van der Waals surface area contributed by atoms with E-state index >= 15 is 0 Å². The lowest BCUT2D eigenvalue weighted by Gasteiger charge is -2.13. The van der Waals surface area contributed by atoms with Crippen LogP contribution in [0.15, 0.2) is 60.0 Å². The Bertz CT molecular complexity index is 831. The smallest absolute Gasteiger partial charge is 0.307 e. The molecule has 3 rings (SSSR count). The van der Waals surface area contributed by atoms with Crippen molar-refractivity contribution in [3.05, 3.63) is 70.4 Å². The second-order valence-corrected chi connectivity index (χ2v) is 6.43. The van der Waals surface area contributed by atoms with Gasteiger partial charge in [0.15, 0.2) is 5.78 Å². The lowest BCUT2D eigenvalue weighted by molar-refractivity contribution is -0.141. The molecule has 23 heavy (non-hydrogen) atoms. The molecule has 3 aromatic rings. The van der Waals surface area contributed by atoms with Crippen LogP contribution in [0.2, 0.25) is 0 Å². The zero-order chi connectivity index (χ0) is 16.2. The van der Waals surface area contributed by atoms with Crippen molar-refractivity contribution in [2.45, 2.75) is 12.8 Å². The Morgan fingerprint density at radius 1 is 1.00 bits per heavy atom. The Hall–Kier alpha value is -2.46. The van der Waals surface area contributed by atoms with Crippen LogP contribution in [-0.2, 0) is 11.2 Å². The van der Waals surface area contributed by atoms with Gasteiger partial charge < -0.3 is 5.11 Å². The van der Waals surface area contributed by atoms with Crippen molar-refractivity contribution in [3.8, 4) is 0 Å². The highest BCUT2D eigenvalue weighted by Gasteiger charge is 2.23. The summed E-state index contributed by atoms with van der Waals surface area (Å²) < 4.78 is 0. The fraction of sp³-hybridized carbons (Fsp3) is 0.158. The second-order valence-electron chi connectivity index (χ2n) is 5.48. The summed E-state index contributed by atoms with van der Waals surface area (Å²) in [6.45, 7) is 0. The highest BCUT2D eigenvalue weighted by Crippen LogP contribution is 2.24. The molecular weight excluding hydrogens is 308 g/mol. The summed E-state index contributed by atoms with van der Waals surface area (Å²) in [4.78, 5) is 24.4. The van der Waals surface area contributed by atoms with Crippen molar-refractivity contribution in [1.29, 1.82) is 0 Å². The SMILES string of the molecule is O=C(CC(Cc1cccc2ccccc12)C(=O)O)c1cccs1. The van der Waals surface area contributed by atoms with Gasteiger partial charge in [-0.05, 0) is 34.2 Å². The molecule has 0 aliphatic carbocycles. The van der Waals surface area contributed by atoms with Gasteiger partial charge in [0.25, 0.3) is 0 Å². The van der Waals surface area contributed by atoms with Gasteiger partial charge in [-0.2, -0.15) is 0 Å². The van der Waals surface area contributed by atoms with E-state index < -0.39 is 11.9 Å². The zero-order valence-electron chi connectivity index (χ0n) is 12.4. The van der Waals surface area contributed by atoms with E-state index in [0.717, 1.165) is 16.3 Å². The number of benzene rings is 2. The van der Waals surface area contributed by atoms with Crippen LogP contribution in [0, 0.1) is 5.92 Å². The molecule has 0 saturated heterocycles. The van der Waals surface area contributed by atoms with Gasteiger partial charge in [0, 0.05) is 6.42 Å². The third-order valence-corrected chi connectivity index (χ3v) is 4.83. The molecule has 0 fully saturated rings. The highest BCUT2D eigenvalue weighted by molar-refractivity contribution is 7.12. The normalized spacial score (nSPS) is 12.2. The molecular formula is C19H16O3S. The number of Topliss-reactive ketones (excluding diaryl/α,β-unsaturated/α-hetero) is 1. The molecule has 0 spiro atoms. The number of ketones is 1. The molecule has 1 heterocycles. The number of thiophene rings is 1. The second kappa shape index (κ2) is 6.75. The first kappa shape index (κ1) is 15.4. The minimum Gasteiger partial charge on any atom is -0.481 e. The third-order valence-electron chi connectivity index (χ3n) is 3.92. The molecule has 0 aliphatic rings. The summed E-state index contributed by atoms with van der Waals surface area (Å²) in [7, 11) is 0. The van der Waals surface area contributed by atoms with Gasteiger partial charge in [0.2, 0.25) is 0 Å². The summed E-state index contributed by atoms with van der Waals surface area (Å²) in [6.07, 6.45) is 0.382. The van der Waals surface area contributed by atoms with Crippen molar-refractivity contribution in [2.24, 2.45) is 5.92 Å². The lowest BCUT2D eigenvalue weighted by atomic mass is 9.91. The van der Waals surface area contributed by atoms with Gasteiger partial charge in [-0.25, -0.2) is 0 Å². The number of carboxylic acids is 1. The minimum atomic E-state index is -0.928. The van der Waals surface area contributed by atoms with E-state index in [2.05, 4.69) is 0 Å². The average Bonchev–Trinajstić information content (AvgIpc) is 3.09. The first-order chi connectivity index (χ1) is 11.1. The molecule has 1 N–H and O–H groups in total. The maximum Gasteiger partial charge on any atom is 0.307 e. The maximum absolute atomic E-state index is 12.2. The fourth-order valence-electron chi connectivity index (χ4n) is 2.74. The third kappa shape index (κ3) is 3.48. The number of carboxylic acid groups (broad SMARTS) is 1. The lowest BCUT2D eigenvalue weighted by Crippen LogP contribution is -2.20. The van der Waals surface area contributed by atoms with Crippen LogP contribution >= 0.6 is 11.3 Å². The fourth-order valence-corrected chi connectivity index (χ4v) is 3.42. The maximum atomic E-state index is 12.2. The van der Waals surface area contributed by atoms with Gasteiger partial charge in [-0.3, -0.25) is 9.59 Å². The van der Waals surface area contributed by atoms with Gasteiger partial charge in [0.1, 0.15) is 0 Å². The van der Waals surface area contributed by atoms with Crippen molar-refractivity contribution in [1.82, 2.24) is 0 Å². The molecule has 4 heteroatoms. The number of carbonyl (C=O) groups is 2. The molecule has 3 nitrogen and oxygen atoms in total. The molecule has 0 bridgehead atoms. The summed E-state index contributed by atoms with van der Waals surface area (Å²) >= 11 is 1.35. The number of rotatable bonds is 6. The zero-order valence-corrected chi connectivity index (χ0v) is 13.3. The standard InChI is InChI=1S/C19H16O3S/c20-17(18-9-4-10-23-18)12-15(19(21)22)11-14-7-3-6-13-5-1-2-8-16(13)14/h1-10,15H,11-12H2,(H,21,22). The van der Waals surface area contributed by atoms with Crippen LogP contribution in [0.4, 0.5) is 0 Å². The molecule has 0 saturated carbocycles. The quantitative estimate of drug-likeness (QED) is 0.683. The number of fused-ring (bicyclic) bond motifs is 1. The Morgan fingerprint density at radius 3 is 2.52 bits per heavy atom. The Labute approximate surface area is 138 Å². The van der Waals surface area contributed by atoms with Crippen molar-refractivity contribution < 1.29 is 14.7 Å². The van der Waals surface area contributed by atoms with Gasteiger partial charge in [-0.15, -0.1) is 11.3 Å². The van der Waals surface area contributed by atoms with Crippen LogP contribution in [0.25, 0.3) is 10.8 Å². The number of hydrogen-bond acceptors (Lipinski definition) is 3. The molecule has 1 aromatic heterocycles. The highest BCUT2D eigenvalue weighted by atomic mass is 32.1. The number of aliphatic carboxylic acids is 1. The summed E-state index contributed by atoms with van der Waals surface area (Å²) in [5.41, 5.74) is 0.967. The van der Waals surface area contributed by atoms with E-state index in [9.17, 15) is 14.7 Å². The summed E-state index contributed by atoms with van der Waals surface area (Å²) in [5.74, 6) is -1.74. The Kier molecular flexibility index (Phi) is 4.53. The first-order valence-electron chi connectivity index (χ1n) is 7.41. The Morgan fingerprint density at radius 2 is 1.78 bits per heavy atom. The first-order valence-corrected chi connectivity index (χ1v) is 8.29. The van der Waals surface area contributed by atoms with Crippen LogP contribution in [0.5, 0.6) is 0 Å². The summed E-state index contributed by atoms with van der Waals surface area (Å²) in [6, 6.07) is 17.3. The largest absolute Gasteiger partial charge is 0.481 e. The van der Waals surface area contributed by atoms with Crippen LogP contribution < -0.4 is 0 Å². The molecule has 0 amide bonds. The predicted octanol–water partition coefficient (Wildman–Crippen LogP) is 4.42. The molecule has 0 aliphatic heterocycles.